The van der Waals surface area contributed by atoms with Crippen molar-refractivity contribution >= 4 is 5.82 Å². The van der Waals surface area contributed by atoms with Crippen LogP contribution in [0.5, 0.6) is 0 Å². The van der Waals surface area contributed by atoms with Gasteiger partial charge in [-0.15, -0.1) is 0 Å². The fraction of sp³-hybridized carbons (Fsp3) is 0.769. The first-order valence-corrected chi connectivity index (χ1v) is 6.52. The maximum Gasteiger partial charge on any atom is 0.131 e. The molecule has 98 valence electrons. The minimum Gasteiger partial charge on any atom is -0.357 e. The summed E-state index contributed by atoms with van der Waals surface area (Å²) in [4.78, 5) is 2.36. The second kappa shape index (κ2) is 6.05. The summed E-state index contributed by atoms with van der Waals surface area (Å²) < 4.78 is 2.00. The minimum atomic E-state index is 0.499. The van der Waals surface area contributed by atoms with Crippen molar-refractivity contribution in [1.82, 2.24) is 15.1 Å². The van der Waals surface area contributed by atoms with Gasteiger partial charge in [0.15, 0.2) is 0 Å². The molecule has 1 aromatic heterocycles. The van der Waals surface area contributed by atoms with Gasteiger partial charge >= 0.3 is 0 Å². The van der Waals surface area contributed by atoms with Gasteiger partial charge in [-0.2, -0.15) is 5.10 Å². The first-order chi connectivity index (χ1) is 8.01. The number of nitrogens with zero attached hydrogens (tertiary/aromatic N) is 3. The van der Waals surface area contributed by atoms with Crippen molar-refractivity contribution in [3.63, 3.8) is 0 Å². The summed E-state index contributed by atoms with van der Waals surface area (Å²) >= 11 is 0. The highest BCUT2D eigenvalue weighted by molar-refractivity contribution is 5.50. The molecule has 1 aromatic rings. The van der Waals surface area contributed by atoms with Gasteiger partial charge < -0.3 is 10.2 Å². The van der Waals surface area contributed by atoms with Crippen LogP contribution in [0, 0.1) is 6.92 Å². The number of rotatable bonds is 6. The predicted octanol–water partition coefficient (Wildman–Crippen LogP) is 2.07. The van der Waals surface area contributed by atoms with Gasteiger partial charge in [-0.05, 0) is 20.8 Å². The van der Waals surface area contributed by atoms with Gasteiger partial charge in [0.1, 0.15) is 5.82 Å². The van der Waals surface area contributed by atoms with Crippen molar-refractivity contribution in [2.24, 2.45) is 7.05 Å². The third kappa shape index (κ3) is 3.22. The fourth-order valence-corrected chi connectivity index (χ4v) is 2.12. The summed E-state index contributed by atoms with van der Waals surface area (Å²) in [6, 6.07) is 0.499. The van der Waals surface area contributed by atoms with Gasteiger partial charge in [-0.25, -0.2) is 0 Å². The number of anilines is 1. The summed E-state index contributed by atoms with van der Waals surface area (Å²) in [5, 5.41) is 8.02. The molecule has 0 aromatic carbocycles. The molecule has 0 radical (unpaired) electrons. The molecule has 1 rings (SSSR count). The smallest absolute Gasteiger partial charge is 0.131 e. The first-order valence-electron chi connectivity index (χ1n) is 6.52. The number of hydrogen-bond donors (Lipinski definition) is 1. The zero-order chi connectivity index (χ0) is 13.0. The van der Waals surface area contributed by atoms with Gasteiger partial charge in [0, 0.05) is 38.3 Å². The van der Waals surface area contributed by atoms with Crippen LogP contribution in [0.4, 0.5) is 5.82 Å². The topological polar surface area (TPSA) is 33.1 Å². The molecule has 0 aliphatic rings. The lowest BCUT2D eigenvalue weighted by molar-refractivity contribution is 0.586. The van der Waals surface area contributed by atoms with Gasteiger partial charge in [0.25, 0.3) is 0 Å². The number of aromatic nitrogens is 2. The van der Waals surface area contributed by atoms with E-state index < -0.39 is 0 Å². The molecule has 0 atom stereocenters. The van der Waals surface area contributed by atoms with Crippen molar-refractivity contribution < 1.29 is 0 Å². The molecule has 0 aliphatic carbocycles. The van der Waals surface area contributed by atoms with E-state index >= 15 is 0 Å². The van der Waals surface area contributed by atoms with E-state index in [1.807, 2.05) is 11.7 Å². The quantitative estimate of drug-likeness (QED) is 0.823. The van der Waals surface area contributed by atoms with Crippen molar-refractivity contribution in [2.45, 2.75) is 47.2 Å². The van der Waals surface area contributed by atoms with Crippen molar-refractivity contribution in [1.29, 1.82) is 0 Å². The summed E-state index contributed by atoms with van der Waals surface area (Å²) in [5.41, 5.74) is 2.45. The van der Waals surface area contributed by atoms with Crippen LogP contribution < -0.4 is 10.2 Å². The van der Waals surface area contributed by atoms with E-state index in [0.717, 1.165) is 25.3 Å². The molecule has 4 nitrogen and oxygen atoms in total. The molecule has 0 amide bonds. The lowest BCUT2D eigenvalue weighted by Crippen LogP contribution is -2.28. The molecule has 0 bridgehead atoms. The first kappa shape index (κ1) is 14.0. The van der Waals surface area contributed by atoms with Crippen molar-refractivity contribution in [3.05, 3.63) is 11.3 Å². The Kier molecular flexibility index (Phi) is 5.00. The molecule has 1 N–H and O–H groups in total. The third-order valence-corrected chi connectivity index (χ3v) is 3.06. The Bertz CT molecular complexity index is 351. The molecule has 17 heavy (non-hydrogen) atoms. The monoisotopic (exact) mass is 238 g/mol. The largest absolute Gasteiger partial charge is 0.357 e. The highest BCUT2D eigenvalue weighted by Gasteiger charge is 2.17. The van der Waals surface area contributed by atoms with E-state index in [2.05, 4.69) is 49.9 Å². The number of nitrogens with one attached hydrogen (secondary N) is 1. The summed E-state index contributed by atoms with van der Waals surface area (Å²) in [6.45, 7) is 13.7. The van der Waals surface area contributed by atoms with E-state index in [9.17, 15) is 0 Å². The van der Waals surface area contributed by atoms with Crippen molar-refractivity contribution in [3.8, 4) is 0 Å². The van der Waals surface area contributed by atoms with Gasteiger partial charge in [-0.3, -0.25) is 4.68 Å². The highest BCUT2D eigenvalue weighted by Crippen LogP contribution is 2.22. The van der Waals surface area contributed by atoms with Crippen LogP contribution in [-0.2, 0) is 13.6 Å². The van der Waals surface area contributed by atoms with Crippen LogP contribution in [0.2, 0.25) is 0 Å². The zero-order valence-electron chi connectivity index (χ0n) is 12.0. The normalized spacial score (nSPS) is 11.2. The summed E-state index contributed by atoms with van der Waals surface area (Å²) in [6.07, 6.45) is 0. The Labute approximate surface area is 105 Å². The van der Waals surface area contributed by atoms with Crippen LogP contribution in [0.15, 0.2) is 0 Å². The standard InChI is InChI=1S/C13H26N4/c1-7-17(8-2)13-12(9-14-10(3)4)11(5)15-16(13)6/h10,14H,7-9H2,1-6H3. The van der Waals surface area contributed by atoms with Gasteiger partial charge in [0.2, 0.25) is 0 Å². The SMILES string of the molecule is CCN(CC)c1c(CNC(C)C)c(C)nn1C. The molecule has 0 saturated heterocycles. The highest BCUT2D eigenvalue weighted by atomic mass is 15.4. The second-order valence-electron chi connectivity index (χ2n) is 4.72. The van der Waals surface area contributed by atoms with E-state index in [0.29, 0.717) is 6.04 Å². The molecular weight excluding hydrogens is 212 g/mol. The van der Waals surface area contributed by atoms with E-state index in [1.165, 1.54) is 11.4 Å². The zero-order valence-corrected chi connectivity index (χ0v) is 12.0. The summed E-state index contributed by atoms with van der Waals surface area (Å²) in [5.74, 6) is 1.25. The Morgan fingerprint density at radius 3 is 2.35 bits per heavy atom. The molecule has 0 spiro atoms. The van der Waals surface area contributed by atoms with E-state index in [1.54, 1.807) is 0 Å². The Balaban J connectivity index is 3.01. The molecule has 1 heterocycles. The molecule has 0 saturated carbocycles. The van der Waals surface area contributed by atoms with Crippen LogP contribution >= 0.6 is 0 Å². The van der Waals surface area contributed by atoms with E-state index in [-0.39, 0.29) is 0 Å². The maximum atomic E-state index is 4.54. The molecule has 0 aliphatic heterocycles. The lowest BCUT2D eigenvalue weighted by atomic mass is 10.2. The average molecular weight is 238 g/mol. The van der Waals surface area contributed by atoms with Crippen LogP contribution in [0.1, 0.15) is 39.0 Å². The Morgan fingerprint density at radius 1 is 1.29 bits per heavy atom. The summed E-state index contributed by atoms with van der Waals surface area (Å²) in [7, 11) is 2.03. The van der Waals surface area contributed by atoms with Crippen LogP contribution in [0.25, 0.3) is 0 Å². The number of hydrogen-bond acceptors (Lipinski definition) is 3. The fourth-order valence-electron chi connectivity index (χ4n) is 2.12. The molecule has 0 fully saturated rings. The number of aryl methyl sites for hydroxylation is 2. The predicted molar refractivity (Wildman–Crippen MR) is 73.5 cm³/mol. The molecule has 4 heteroatoms. The van der Waals surface area contributed by atoms with Crippen LogP contribution in [-0.4, -0.2) is 28.9 Å². The lowest BCUT2D eigenvalue weighted by Gasteiger charge is -2.23. The second-order valence-corrected chi connectivity index (χ2v) is 4.72. The van der Waals surface area contributed by atoms with E-state index in [4.69, 9.17) is 0 Å². The molecule has 0 unspecified atom stereocenters. The Hall–Kier alpha value is -1.03. The van der Waals surface area contributed by atoms with Crippen molar-refractivity contribution in [2.75, 3.05) is 18.0 Å². The molecular formula is C13H26N4. The average Bonchev–Trinajstić information content (AvgIpc) is 2.53. The van der Waals surface area contributed by atoms with Gasteiger partial charge in [-0.1, -0.05) is 13.8 Å². The maximum absolute atomic E-state index is 4.54. The van der Waals surface area contributed by atoms with Crippen LogP contribution in [0.3, 0.4) is 0 Å². The minimum absolute atomic E-state index is 0.499. The Morgan fingerprint density at radius 2 is 1.88 bits per heavy atom. The van der Waals surface area contributed by atoms with Gasteiger partial charge in [0.05, 0.1) is 5.69 Å². The third-order valence-electron chi connectivity index (χ3n) is 3.06.